The van der Waals surface area contributed by atoms with Gasteiger partial charge in [-0.2, -0.15) is 0 Å². The smallest absolute Gasteiger partial charge is 0.340 e. The van der Waals surface area contributed by atoms with Crippen molar-refractivity contribution in [1.29, 1.82) is 0 Å². The lowest BCUT2D eigenvalue weighted by Gasteiger charge is -2.28. The molecule has 2 aliphatic rings. The van der Waals surface area contributed by atoms with E-state index in [9.17, 15) is 9.18 Å². The largest absolute Gasteiger partial charge is 0.493 e. The van der Waals surface area contributed by atoms with E-state index in [2.05, 4.69) is 37.6 Å². The molecule has 1 radical (unpaired) electrons. The normalized spacial score (nSPS) is 22.9. The summed E-state index contributed by atoms with van der Waals surface area (Å²) in [6, 6.07) is 8.65. The second kappa shape index (κ2) is 13.9. The molecule has 3 nitrogen and oxygen atoms in total. The Kier molecular flexibility index (Phi) is 10.8. The van der Waals surface area contributed by atoms with Gasteiger partial charge < -0.3 is 9.47 Å². The SMILES string of the molecule is CCCCCCC[C@H](F)C(=O)OC1CCC(COc2ccc(C3CC[CH]CC3)cc2)CC1. The summed E-state index contributed by atoms with van der Waals surface area (Å²) >= 11 is 0. The maximum atomic E-state index is 14.1. The molecule has 4 heteroatoms. The third kappa shape index (κ3) is 8.41. The van der Waals surface area contributed by atoms with E-state index in [1.54, 1.807) is 0 Å². The zero-order valence-electron chi connectivity index (χ0n) is 19.9. The summed E-state index contributed by atoms with van der Waals surface area (Å²) in [6.45, 7) is 2.85. The average Bonchev–Trinajstić information content (AvgIpc) is 2.84. The van der Waals surface area contributed by atoms with E-state index < -0.39 is 12.1 Å². The first-order valence-electron chi connectivity index (χ1n) is 13.0. The van der Waals surface area contributed by atoms with Crippen LogP contribution in [0, 0.1) is 12.3 Å². The first-order valence-corrected chi connectivity index (χ1v) is 13.0. The minimum Gasteiger partial charge on any atom is -0.493 e. The van der Waals surface area contributed by atoms with Crippen LogP contribution in [0.2, 0.25) is 0 Å². The molecule has 1 aromatic rings. The van der Waals surface area contributed by atoms with E-state index in [1.807, 2.05) is 0 Å². The molecule has 0 unspecified atom stereocenters. The minimum absolute atomic E-state index is 0.135. The van der Waals surface area contributed by atoms with Crippen LogP contribution in [0.5, 0.6) is 5.75 Å². The number of alkyl halides is 1. The van der Waals surface area contributed by atoms with Crippen LogP contribution in [0.1, 0.15) is 108 Å². The van der Waals surface area contributed by atoms with E-state index in [0.717, 1.165) is 50.7 Å². The number of halogens is 1. The molecule has 0 N–H and O–H groups in total. The van der Waals surface area contributed by atoms with E-state index in [-0.39, 0.29) is 6.10 Å². The second-order valence-electron chi connectivity index (χ2n) is 9.77. The predicted octanol–water partition coefficient (Wildman–Crippen LogP) is 7.73. The van der Waals surface area contributed by atoms with Crippen molar-refractivity contribution in [2.24, 2.45) is 5.92 Å². The molecule has 1 atom stereocenters. The Bertz CT molecular complexity index is 645. The molecule has 0 aromatic heterocycles. The summed E-state index contributed by atoms with van der Waals surface area (Å²) in [4.78, 5) is 12.0. The van der Waals surface area contributed by atoms with Gasteiger partial charge in [0.1, 0.15) is 11.9 Å². The maximum absolute atomic E-state index is 14.1. The minimum atomic E-state index is -1.47. The van der Waals surface area contributed by atoms with Crippen LogP contribution in [0.25, 0.3) is 0 Å². The molecule has 32 heavy (non-hydrogen) atoms. The summed E-state index contributed by atoms with van der Waals surface area (Å²) < 4.78 is 25.6. The summed E-state index contributed by atoms with van der Waals surface area (Å²) in [7, 11) is 0. The Morgan fingerprint density at radius 3 is 2.34 bits per heavy atom. The molecule has 0 amide bonds. The van der Waals surface area contributed by atoms with Crippen LogP contribution in [-0.4, -0.2) is 24.9 Å². The quantitative estimate of drug-likeness (QED) is 0.244. The maximum Gasteiger partial charge on any atom is 0.340 e. The third-order valence-corrected chi connectivity index (χ3v) is 7.17. The van der Waals surface area contributed by atoms with Crippen molar-refractivity contribution in [2.75, 3.05) is 6.61 Å². The highest BCUT2D eigenvalue weighted by atomic mass is 19.1. The number of rotatable bonds is 12. The van der Waals surface area contributed by atoms with Crippen LogP contribution in [0.15, 0.2) is 24.3 Å². The summed E-state index contributed by atoms with van der Waals surface area (Å²) in [6.07, 6.45) is 14.8. The van der Waals surface area contributed by atoms with Crippen LogP contribution in [0.4, 0.5) is 4.39 Å². The Hall–Kier alpha value is -1.58. The fourth-order valence-electron chi connectivity index (χ4n) is 5.01. The molecular formula is C28H42FO3. The zero-order valence-corrected chi connectivity index (χ0v) is 19.9. The van der Waals surface area contributed by atoms with E-state index in [0.29, 0.717) is 24.9 Å². The number of hydrogen-bond donors (Lipinski definition) is 0. The van der Waals surface area contributed by atoms with Crippen LogP contribution in [-0.2, 0) is 9.53 Å². The van der Waals surface area contributed by atoms with Gasteiger partial charge in [-0.15, -0.1) is 0 Å². The molecule has 0 bridgehead atoms. The molecule has 0 spiro atoms. The van der Waals surface area contributed by atoms with Crippen molar-refractivity contribution in [3.8, 4) is 5.75 Å². The highest BCUT2D eigenvalue weighted by Crippen LogP contribution is 2.33. The van der Waals surface area contributed by atoms with Gasteiger partial charge in [0.2, 0.25) is 0 Å². The number of benzene rings is 1. The fourth-order valence-corrected chi connectivity index (χ4v) is 5.01. The van der Waals surface area contributed by atoms with Crippen molar-refractivity contribution < 1.29 is 18.7 Å². The zero-order chi connectivity index (χ0) is 22.6. The summed E-state index contributed by atoms with van der Waals surface area (Å²) in [5.41, 5.74) is 1.43. The standard InChI is InChI=1S/C28H42FO3/c1-2-3-4-5-9-12-27(29)28(30)32-26-17-13-22(14-18-26)21-31-25-19-15-24(16-20-25)23-10-7-6-8-11-23/h6,15-16,19-20,22-23,26-27H,2-5,7-14,17-18,21H2,1H3/t22?,26?,27-/m0/s1. The molecular weight excluding hydrogens is 403 g/mol. The molecule has 3 rings (SSSR count). The lowest BCUT2D eigenvalue weighted by atomic mass is 9.84. The third-order valence-electron chi connectivity index (χ3n) is 7.17. The topological polar surface area (TPSA) is 35.5 Å². The van der Waals surface area contributed by atoms with E-state index in [1.165, 1.54) is 44.1 Å². The molecule has 0 heterocycles. The van der Waals surface area contributed by atoms with Gasteiger partial charge >= 0.3 is 5.97 Å². The Balaban J connectivity index is 1.29. The summed E-state index contributed by atoms with van der Waals surface area (Å²) in [5, 5.41) is 0. The van der Waals surface area contributed by atoms with Gasteiger partial charge in [0.15, 0.2) is 6.17 Å². The fraction of sp³-hybridized carbons (Fsp3) is 0.714. The molecule has 0 aliphatic heterocycles. The van der Waals surface area contributed by atoms with Crippen molar-refractivity contribution in [3.63, 3.8) is 0 Å². The first kappa shape index (κ1) is 25.1. The van der Waals surface area contributed by atoms with Gasteiger partial charge in [0.25, 0.3) is 0 Å². The molecule has 2 aliphatic carbocycles. The van der Waals surface area contributed by atoms with Crippen LogP contribution >= 0.6 is 0 Å². The van der Waals surface area contributed by atoms with Gasteiger partial charge in [-0.3, -0.25) is 0 Å². The molecule has 0 saturated heterocycles. The predicted molar refractivity (Wildman–Crippen MR) is 128 cm³/mol. The number of esters is 1. The van der Waals surface area contributed by atoms with Gasteiger partial charge in [0.05, 0.1) is 6.61 Å². The Labute approximate surface area is 194 Å². The summed E-state index contributed by atoms with van der Waals surface area (Å²) in [5.74, 6) is 1.44. The Morgan fingerprint density at radius 1 is 0.969 bits per heavy atom. The average molecular weight is 446 g/mol. The van der Waals surface area contributed by atoms with Gasteiger partial charge in [-0.05, 0) is 100 Å². The molecule has 2 saturated carbocycles. The Morgan fingerprint density at radius 2 is 1.66 bits per heavy atom. The lowest BCUT2D eigenvalue weighted by Crippen LogP contribution is -2.30. The van der Waals surface area contributed by atoms with Crippen molar-refractivity contribution >= 4 is 5.97 Å². The first-order chi connectivity index (χ1) is 15.7. The highest BCUT2D eigenvalue weighted by molar-refractivity contribution is 5.74. The van der Waals surface area contributed by atoms with Gasteiger partial charge in [-0.25, -0.2) is 9.18 Å². The second-order valence-corrected chi connectivity index (χ2v) is 9.77. The number of hydrogen-bond acceptors (Lipinski definition) is 3. The van der Waals surface area contributed by atoms with Crippen molar-refractivity contribution in [3.05, 3.63) is 36.2 Å². The van der Waals surface area contributed by atoms with Gasteiger partial charge in [0, 0.05) is 0 Å². The number of ether oxygens (including phenoxy) is 2. The van der Waals surface area contributed by atoms with E-state index >= 15 is 0 Å². The van der Waals surface area contributed by atoms with Crippen LogP contribution in [0.3, 0.4) is 0 Å². The number of carbonyl (C=O) groups excluding carboxylic acids is 1. The number of unbranched alkanes of at least 4 members (excludes halogenated alkanes) is 4. The lowest BCUT2D eigenvalue weighted by molar-refractivity contribution is -0.157. The van der Waals surface area contributed by atoms with E-state index in [4.69, 9.17) is 9.47 Å². The number of carbonyl (C=O) groups is 1. The van der Waals surface area contributed by atoms with Crippen LogP contribution < -0.4 is 4.74 Å². The monoisotopic (exact) mass is 445 g/mol. The van der Waals surface area contributed by atoms with Crippen molar-refractivity contribution in [2.45, 2.75) is 115 Å². The van der Waals surface area contributed by atoms with Gasteiger partial charge in [-0.1, -0.05) is 44.7 Å². The molecule has 2 fully saturated rings. The highest BCUT2D eigenvalue weighted by Gasteiger charge is 2.27. The molecule has 179 valence electrons. The molecule has 1 aromatic carbocycles. The van der Waals surface area contributed by atoms with Crippen molar-refractivity contribution in [1.82, 2.24) is 0 Å².